The molecule has 0 aliphatic heterocycles. The Labute approximate surface area is 115 Å². The molecular weight excluding hydrogens is 236 g/mol. The van der Waals surface area contributed by atoms with E-state index < -0.39 is 0 Å². The highest BCUT2D eigenvalue weighted by Gasteiger charge is 2.11. The summed E-state index contributed by atoms with van der Waals surface area (Å²) in [6, 6.07) is 6.24. The zero-order chi connectivity index (χ0) is 14.0. The fraction of sp³-hybridized carbons (Fsp3) is 0.438. The molecule has 2 rings (SSSR count). The summed E-state index contributed by atoms with van der Waals surface area (Å²) in [4.78, 5) is 4.80. The Balaban J connectivity index is 2.74. The molecule has 102 valence electrons. The molecule has 0 saturated carbocycles. The molecule has 19 heavy (non-hydrogen) atoms. The molecule has 3 heteroatoms. The topological polar surface area (TPSA) is 34.2 Å². The lowest BCUT2D eigenvalue weighted by Crippen LogP contribution is -2.02. The quantitative estimate of drug-likeness (QED) is 0.896. The maximum Gasteiger partial charge on any atom is 0.119 e. The van der Waals surface area contributed by atoms with Crippen molar-refractivity contribution in [2.75, 3.05) is 19.0 Å². The molecule has 3 nitrogen and oxygen atoms in total. The Bertz CT molecular complexity index is 591. The summed E-state index contributed by atoms with van der Waals surface area (Å²) in [7, 11) is 1.70. The molecule has 1 heterocycles. The van der Waals surface area contributed by atoms with Gasteiger partial charge in [-0.3, -0.25) is 4.98 Å². The first-order chi connectivity index (χ1) is 9.06. The van der Waals surface area contributed by atoms with Crippen LogP contribution in [0.1, 0.15) is 37.9 Å². The van der Waals surface area contributed by atoms with Gasteiger partial charge in [0, 0.05) is 23.3 Å². The number of aryl methyl sites for hydroxylation is 1. The molecular formula is C16H22N2O. The molecule has 0 bridgehead atoms. The molecule has 0 unspecified atom stereocenters. The Kier molecular flexibility index (Phi) is 3.93. The third-order valence-corrected chi connectivity index (χ3v) is 3.29. The van der Waals surface area contributed by atoms with Crippen LogP contribution in [-0.2, 0) is 0 Å². The third-order valence-electron chi connectivity index (χ3n) is 3.29. The SMILES string of the molecule is CCNc1cc(C(C)C)nc2c(C)cc(OC)cc12. The highest BCUT2D eigenvalue weighted by atomic mass is 16.5. The van der Waals surface area contributed by atoms with E-state index in [9.17, 15) is 0 Å². The van der Waals surface area contributed by atoms with Gasteiger partial charge in [0.25, 0.3) is 0 Å². The van der Waals surface area contributed by atoms with Crippen molar-refractivity contribution in [3.8, 4) is 5.75 Å². The van der Waals surface area contributed by atoms with Gasteiger partial charge >= 0.3 is 0 Å². The molecule has 0 fully saturated rings. The van der Waals surface area contributed by atoms with Gasteiger partial charge in [-0.2, -0.15) is 0 Å². The van der Waals surface area contributed by atoms with Crippen LogP contribution in [0.15, 0.2) is 18.2 Å². The number of anilines is 1. The van der Waals surface area contributed by atoms with Crippen molar-refractivity contribution in [2.45, 2.75) is 33.6 Å². The smallest absolute Gasteiger partial charge is 0.119 e. The first kappa shape index (κ1) is 13.7. The van der Waals surface area contributed by atoms with Gasteiger partial charge in [-0.25, -0.2) is 0 Å². The van der Waals surface area contributed by atoms with Crippen molar-refractivity contribution in [1.29, 1.82) is 0 Å². The predicted molar refractivity (Wildman–Crippen MR) is 81.3 cm³/mol. The minimum Gasteiger partial charge on any atom is -0.497 e. The van der Waals surface area contributed by atoms with Crippen molar-refractivity contribution in [1.82, 2.24) is 4.98 Å². The number of methoxy groups -OCH3 is 1. The minimum absolute atomic E-state index is 0.420. The monoisotopic (exact) mass is 258 g/mol. The van der Waals surface area contributed by atoms with Gasteiger partial charge in [0.1, 0.15) is 5.75 Å². The van der Waals surface area contributed by atoms with Crippen LogP contribution in [0.5, 0.6) is 5.75 Å². The molecule has 2 aromatic rings. The van der Waals surface area contributed by atoms with Crippen LogP contribution in [0.3, 0.4) is 0 Å². The average Bonchev–Trinajstić information content (AvgIpc) is 2.39. The van der Waals surface area contributed by atoms with E-state index in [1.165, 1.54) is 0 Å². The lowest BCUT2D eigenvalue weighted by Gasteiger charge is -2.15. The molecule has 0 saturated heterocycles. The molecule has 0 atom stereocenters. The molecule has 1 aromatic carbocycles. The van der Waals surface area contributed by atoms with E-state index in [0.29, 0.717) is 5.92 Å². The van der Waals surface area contributed by atoms with Gasteiger partial charge in [0.15, 0.2) is 0 Å². The summed E-state index contributed by atoms with van der Waals surface area (Å²) in [5, 5.41) is 4.56. The minimum atomic E-state index is 0.420. The summed E-state index contributed by atoms with van der Waals surface area (Å²) in [5.41, 5.74) is 4.47. The van der Waals surface area contributed by atoms with Gasteiger partial charge in [-0.05, 0) is 43.5 Å². The third kappa shape index (κ3) is 2.65. The Morgan fingerprint density at radius 1 is 1.26 bits per heavy atom. The largest absolute Gasteiger partial charge is 0.497 e. The number of rotatable bonds is 4. The average molecular weight is 258 g/mol. The van der Waals surface area contributed by atoms with Crippen molar-refractivity contribution in [3.05, 3.63) is 29.5 Å². The van der Waals surface area contributed by atoms with Crippen molar-refractivity contribution >= 4 is 16.6 Å². The summed E-state index contributed by atoms with van der Waals surface area (Å²) < 4.78 is 5.36. The number of benzene rings is 1. The van der Waals surface area contributed by atoms with Gasteiger partial charge < -0.3 is 10.1 Å². The normalized spacial score (nSPS) is 11.1. The van der Waals surface area contributed by atoms with E-state index in [1.807, 2.05) is 6.07 Å². The number of hydrogen-bond donors (Lipinski definition) is 1. The van der Waals surface area contributed by atoms with Gasteiger partial charge in [-0.15, -0.1) is 0 Å². The highest BCUT2D eigenvalue weighted by molar-refractivity contribution is 5.94. The van der Waals surface area contributed by atoms with Gasteiger partial charge in [-0.1, -0.05) is 13.8 Å². The van der Waals surface area contributed by atoms with Crippen molar-refractivity contribution in [3.63, 3.8) is 0 Å². The van der Waals surface area contributed by atoms with E-state index in [-0.39, 0.29) is 0 Å². The summed E-state index contributed by atoms with van der Waals surface area (Å²) in [6.07, 6.45) is 0. The van der Waals surface area contributed by atoms with Crippen LogP contribution in [-0.4, -0.2) is 18.6 Å². The number of pyridine rings is 1. The van der Waals surface area contributed by atoms with Crippen molar-refractivity contribution in [2.24, 2.45) is 0 Å². The van der Waals surface area contributed by atoms with E-state index in [0.717, 1.165) is 40.1 Å². The fourth-order valence-electron chi connectivity index (χ4n) is 2.24. The molecule has 1 aromatic heterocycles. The van der Waals surface area contributed by atoms with Gasteiger partial charge in [0.2, 0.25) is 0 Å². The number of fused-ring (bicyclic) bond motifs is 1. The lowest BCUT2D eigenvalue weighted by atomic mass is 10.0. The van der Waals surface area contributed by atoms with Crippen LogP contribution in [0, 0.1) is 6.92 Å². The lowest BCUT2D eigenvalue weighted by molar-refractivity contribution is 0.415. The zero-order valence-corrected chi connectivity index (χ0v) is 12.4. The molecule has 0 spiro atoms. The Morgan fingerprint density at radius 3 is 2.58 bits per heavy atom. The van der Waals surface area contributed by atoms with E-state index in [1.54, 1.807) is 7.11 Å². The van der Waals surface area contributed by atoms with Crippen LogP contribution < -0.4 is 10.1 Å². The zero-order valence-electron chi connectivity index (χ0n) is 12.4. The van der Waals surface area contributed by atoms with Crippen LogP contribution in [0.25, 0.3) is 10.9 Å². The van der Waals surface area contributed by atoms with Crippen LogP contribution in [0.4, 0.5) is 5.69 Å². The number of aromatic nitrogens is 1. The first-order valence-electron chi connectivity index (χ1n) is 6.80. The second kappa shape index (κ2) is 5.47. The van der Waals surface area contributed by atoms with E-state index in [2.05, 4.69) is 45.1 Å². The molecule has 0 amide bonds. The predicted octanol–water partition coefficient (Wildman–Crippen LogP) is 4.11. The number of ether oxygens (including phenoxy) is 1. The van der Waals surface area contributed by atoms with E-state index in [4.69, 9.17) is 9.72 Å². The van der Waals surface area contributed by atoms with Crippen LogP contribution in [0.2, 0.25) is 0 Å². The number of hydrogen-bond acceptors (Lipinski definition) is 3. The fourth-order valence-corrected chi connectivity index (χ4v) is 2.24. The summed E-state index contributed by atoms with van der Waals surface area (Å²) in [6.45, 7) is 9.42. The Morgan fingerprint density at radius 2 is 2.00 bits per heavy atom. The number of nitrogens with zero attached hydrogens (tertiary/aromatic N) is 1. The van der Waals surface area contributed by atoms with Gasteiger partial charge in [0.05, 0.1) is 12.6 Å². The standard InChI is InChI=1S/C16H22N2O/c1-6-17-15-9-14(10(2)3)18-16-11(4)7-12(19-5)8-13(15)16/h7-10H,6H2,1-5H3,(H,17,18). The molecule has 0 aliphatic rings. The molecule has 0 aliphatic carbocycles. The maximum atomic E-state index is 5.36. The number of nitrogens with one attached hydrogen (secondary N) is 1. The molecule has 0 radical (unpaired) electrons. The van der Waals surface area contributed by atoms with Crippen molar-refractivity contribution < 1.29 is 4.74 Å². The van der Waals surface area contributed by atoms with E-state index >= 15 is 0 Å². The Hall–Kier alpha value is -1.77. The summed E-state index contributed by atoms with van der Waals surface area (Å²) in [5.74, 6) is 1.30. The second-order valence-corrected chi connectivity index (χ2v) is 5.12. The summed E-state index contributed by atoms with van der Waals surface area (Å²) >= 11 is 0. The maximum absolute atomic E-state index is 5.36. The second-order valence-electron chi connectivity index (χ2n) is 5.12. The highest BCUT2D eigenvalue weighted by Crippen LogP contribution is 2.31. The first-order valence-corrected chi connectivity index (χ1v) is 6.80. The van der Waals surface area contributed by atoms with Crippen LogP contribution >= 0.6 is 0 Å². The molecule has 1 N–H and O–H groups in total.